The predicted molar refractivity (Wildman–Crippen MR) is 81.1 cm³/mol. The van der Waals surface area contributed by atoms with E-state index < -0.39 is 0 Å². The normalized spacial score (nSPS) is 11.2. The summed E-state index contributed by atoms with van der Waals surface area (Å²) < 4.78 is 5.77. The molecule has 0 spiro atoms. The van der Waals surface area contributed by atoms with Crippen molar-refractivity contribution in [1.29, 1.82) is 0 Å². The van der Waals surface area contributed by atoms with Crippen LogP contribution in [-0.4, -0.2) is 6.54 Å². The second kappa shape index (κ2) is 6.86. The molecular formula is C16H16ClNO. The summed E-state index contributed by atoms with van der Waals surface area (Å²) in [5.74, 6) is 1.64. The Morgan fingerprint density at radius 3 is 2.58 bits per heavy atom. The van der Waals surface area contributed by atoms with Crippen molar-refractivity contribution < 1.29 is 4.74 Å². The quantitative estimate of drug-likeness (QED) is 0.825. The first kappa shape index (κ1) is 13.5. The zero-order valence-electron chi connectivity index (χ0n) is 10.8. The molecule has 0 aromatic heterocycles. The van der Waals surface area contributed by atoms with Crippen molar-refractivity contribution in [2.24, 2.45) is 0 Å². The maximum Gasteiger partial charge on any atom is 0.129 e. The average Bonchev–Trinajstić information content (AvgIpc) is 2.46. The van der Waals surface area contributed by atoms with Gasteiger partial charge in [-0.2, -0.15) is 0 Å². The Morgan fingerprint density at radius 1 is 1.11 bits per heavy atom. The lowest BCUT2D eigenvalue weighted by Crippen LogP contribution is -2.02. The van der Waals surface area contributed by atoms with Crippen molar-refractivity contribution in [3.63, 3.8) is 0 Å². The molecule has 0 fully saturated rings. The van der Waals surface area contributed by atoms with E-state index in [1.54, 1.807) is 5.54 Å². The predicted octanol–water partition coefficient (Wildman–Crippen LogP) is 5.03. The number of para-hydroxylation sites is 1. The van der Waals surface area contributed by atoms with Crippen LogP contribution in [0.5, 0.6) is 11.5 Å². The molecule has 0 unspecified atom stereocenters. The van der Waals surface area contributed by atoms with Crippen molar-refractivity contribution in [3.05, 3.63) is 65.7 Å². The molecular weight excluding hydrogens is 258 g/mol. The van der Waals surface area contributed by atoms with Gasteiger partial charge in [0.05, 0.1) is 0 Å². The Labute approximate surface area is 118 Å². The van der Waals surface area contributed by atoms with Gasteiger partial charge in [-0.05, 0) is 36.8 Å². The van der Waals surface area contributed by atoms with Gasteiger partial charge < -0.3 is 10.1 Å². The number of nitrogens with one attached hydrogen (secondary N) is 1. The van der Waals surface area contributed by atoms with Gasteiger partial charge in [-0.15, -0.1) is 0 Å². The van der Waals surface area contributed by atoms with E-state index in [1.165, 1.54) is 0 Å². The molecule has 0 aliphatic rings. The number of hydrogen-bond donors (Lipinski definition) is 1. The molecule has 1 N–H and O–H groups in total. The number of rotatable bonds is 5. The van der Waals surface area contributed by atoms with E-state index in [-0.39, 0.29) is 0 Å². The molecule has 2 aromatic rings. The van der Waals surface area contributed by atoms with E-state index in [9.17, 15) is 0 Å². The molecule has 2 rings (SSSR count). The van der Waals surface area contributed by atoms with Gasteiger partial charge in [0.25, 0.3) is 0 Å². The minimum absolute atomic E-state index is 0.721. The lowest BCUT2D eigenvalue weighted by Gasteiger charge is -2.09. The van der Waals surface area contributed by atoms with Gasteiger partial charge in [0, 0.05) is 23.8 Å². The van der Waals surface area contributed by atoms with Crippen LogP contribution < -0.4 is 10.1 Å². The SMILES string of the molecule is C/C(=C/Cl)CNc1cccc(Oc2ccccc2)c1. The van der Waals surface area contributed by atoms with Gasteiger partial charge in [-0.1, -0.05) is 35.9 Å². The summed E-state index contributed by atoms with van der Waals surface area (Å²) in [6.45, 7) is 2.70. The van der Waals surface area contributed by atoms with E-state index in [0.29, 0.717) is 0 Å². The minimum atomic E-state index is 0.721. The van der Waals surface area contributed by atoms with Crippen molar-refractivity contribution >= 4 is 17.3 Å². The Morgan fingerprint density at radius 2 is 1.84 bits per heavy atom. The molecule has 0 saturated heterocycles. The van der Waals surface area contributed by atoms with Crippen molar-refractivity contribution in [1.82, 2.24) is 0 Å². The molecule has 3 heteroatoms. The lowest BCUT2D eigenvalue weighted by atomic mass is 10.2. The van der Waals surface area contributed by atoms with Crippen LogP contribution in [-0.2, 0) is 0 Å². The molecule has 2 aromatic carbocycles. The van der Waals surface area contributed by atoms with Crippen LogP contribution in [0, 0.1) is 0 Å². The topological polar surface area (TPSA) is 21.3 Å². The highest BCUT2D eigenvalue weighted by Gasteiger charge is 1.98. The minimum Gasteiger partial charge on any atom is -0.457 e. The highest BCUT2D eigenvalue weighted by Crippen LogP contribution is 2.23. The van der Waals surface area contributed by atoms with Crippen LogP contribution in [0.2, 0.25) is 0 Å². The molecule has 0 atom stereocenters. The highest BCUT2D eigenvalue weighted by atomic mass is 35.5. The van der Waals surface area contributed by atoms with E-state index in [1.807, 2.05) is 61.5 Å². The van der Waals surface area contributed by atoms with Crippen LogP contribution in [0.15, 0.2) is 65.7 Å². The average molecular weight is 274 g/mol. The molecule has 19 heavy (non-hydrogen) atoms. The zero-order valence-corrected chi connectivity index (χ0v) is 11.5. The number of hydrogen-bond acceptors (Lipinski definition) is 2. The summed E-state index contributed by atoms with van der Waals surface area (Å²) >= 11 is 5.63. The first-order valence-electron chi connectivity index (χ1n) is 6.10. The van der Waals surface area contributed by atoms with Crippen LogP contribution in [0.1, 0.15) is 6.92 Å². The number of anilines is 1. The van der Waals surface area contributed by atoms with Crippen LogP contribution >= 0.6 is 11.6 Å². The second-order valence-corrected chi connectivity index (χ2v) is 4.47. The fourth-order valence-corrected chi connectivity index (χ4v) is 1.65. The summed E-state index contributed by atoms with van der Waals surface area (Å²) in [6, 6.07) is 17.6. The molecule has 0 radical (unpaired) electrons. The standard InChI is InChI=1S/C16H16ClNO/c1-13(11-17)12-18-14-6-5-9-16(10-14)19-15-7-3-2-4-8-15/h2-11,18H,12H2,1H3/b13-11-. The fourth-order valence-electron chi connectivity index (χ4n) is 1.57. The summed E-state index contributed by atoms with van der Waals surface area (Å²) in [4.78, 5) is 0. The zero-order chi connectivity index (χ0) is 13.5. The molecule has 0 heterocycles. The number of halogens is 1. The van der Waals surface area contributed by atoms with Crippen LogP contribution in [0.25, 0.3) is 0 Å². The monoisotopic (exact) mass is 273 g/mol. The van der Waals surface area contributed by atoms with Crippen LogP contribution in [0.4, 0.5) is 5.69 Å². The number of ether oxygens (including phenoxy) is 1. The van der Waals surface area contributed by atoms with Gasteiger partial charge in [0.1, 0.15) is 11.5 Å². The third-order valence-corrected chi connectivity index (χ3v) is 2.94. The van der Waals surface area contributed by atoms with E-state index in [4.69, 9.17) is 16.3 Å². The third-order valence-electron chi connectivity index (χ3n) is 2.57. The summed E-state index contributed by atoms with van der Waals surface area (Å²) in [5.41, 5.74) is 3.67. The van der Waals surface area contributed by atoms with Crippen LogP contribution in [0.3, 0.4) is 0 Å². The second-order valence-electron chi connectivity index (χ2n) is 4.25. The molecule has 2 nitrogen and oxygen atoms in total. The maximum atomic E-state index is 5.77. The molecule has 0 saturated carbocycles. The van der Waals surface area contributed by atoms with E-state index >= 15 is 0 Å². The summed E-state index contributed by atoms with van der Waals surface area (Å²) in [5, 5.41) is 3.29. The molecule has 0 amide bonds. The summed E-state index contributed by atoms with van der Waals surface area (Å²) in [7, 11) is 0. The van der Waals surface area contributed by atoms with Gasteiger partial charge >= 0.3 is 0 Å². The highest BCUT2D eigenvalue weighted by molar-refractivity contribution is 6.25. The Bertz CT molecular complexity index is 552. The smallest absolute Gasteiger partial charge is 0.129 e. The first-order chi connectivity index (χ1) is 9.28. The molecule has 0 aliphatic carbocycles. The Balaban J connectivity index is 2.03. The molecule has 0 bridgehead atoms. The van der Waals surface area contributed by atoms with Crippen molar-refractivity contribution in [3.8, 4) is 11.5 Å². The fraction of sp³-hybridized carbons (Fsp3) is 0.125. The molecule has 0 aliphatic heterocycles. The lowest BCUT2D eigenvalue weighted by molar-refractivity contribution is 0.483. The Hall–Kier alpha value is -1.93. The summed E-state index contributed by atoms with van der Waals surface area (Å²) in [6.07, 6.45) is 0. The third kappa shape index (κ3) is 4.34. The van der Waals surface area contributed by atoms with E-state index in [2.05, 4.69) is 5.32 Å². The van der Waals surface area contributed by atoms with E-state index in [0.717, 1.165) is 29.3 Å². The van der Waals surface area contributed by atoms with Crippen molar-refractivity contribution in [2.45, 2.75) is 6.92 Å². The van der Waals surface area contributed by atoms with Gasteiger partial charge in [0.15, 0.2) is 0 Å². The molecule has 98 valence electrons. The largest absolute Gasteiger partial charge is 0.457 e. The van der Waals surface area contributed by atoms with Gasteiger partial charge in [0.2, 0.25) is 0 Å². The van der Waals surface area contributed by atoms with Gasteiger partial charge in [-0.25, -0.2) is 0 Å². The van der Waals surface area contributed by atoms with Crippen molar-refractivity contribution in [2.75, 3.05) is 11.9 Å². The Kier molecular flexibility index (Phi) is 4.87. The number of benzene rings is 2. The van der Waals surface area contributed by atoms with Gasteiger partial charge in [-0.3, -0.25) is 0 Å². The maximum absolute atomic E-state index is 5.77. The first-order valence-corrected chi connectivity index (χ1v) is 6.54.